The fourth-order valence-corrected chi connectivity index (χ4v) is 1.69. The van der Waals surface area contributed by atoms with Gasteiger partial charge in [0, 0.05) is 25.8 Å². The Morgan fingerprint density at radius 2 is 1.42 bits per heavy atom. The number of rotatable bonds is 6. The molecule has 0 N–H and O–H groups in total. The van der Waals surface area contributed by atoms with Crippen LogP contribution in [0.3, 0.4) is 0 Å². The van der Waals surface area contributed by atoms with Crippen molar-refractivity contribution in [1.82, 2.24) is 0 Å². The van der Waals surface area contributed by atoms with Crippen molar-refractivity contribution in [3.05, 3.63) is 54.6 Å². The molecule has 0 aliphatic rings. The molecule has 0 spiro atoms. The van der Waals surface area contributed by atoms with Crippen LogP contribution in [-0.2, 0) is 0 Å². The molecule has 0 radical (unpaired) electrons. The lowest BCUT2D eigenvalue weighted by Crippen LogP contribution is -2.10. The summed E-state index contributed by atoms with van der Waals surface area (Å²) < 4.78 is 11.2. The lowest BCUT2D eigenvalue weighted by molar-refractivity contribution is 0.217. The number of ether oxygens (including phenoxy) is 2. The molecule has 3 nitrogen and oxygen atoms in total. The lowest BCUT2D eigenvalue weighted by atomic mass is 10.3. The molecule has 0 saturated heterocycles. The van der Waals surface area contributed by atoms with Crippen LogP contribution < -0.4 is 14.4 Å². The van der Waals surface area contributed by atoms with Gasteiger partial charge >= 0.3 is 0 Å². The van der Waals surface area contributed by atoms with Gasteiger partial charge in [-0.25, -0.2) is 0 Å². The Kier molecular flexibility index (Phi) is 4.67. The molecular formula is C16H19NO2. The number of anilines is 1. The first-order valence-corrected chi connectivity index (χ1v) is 6.34. The summed E-state index contributed by atoms with van der Waals surface area (Å²) in [6, 6.07) is 17.8. The van der Waals surface area contributed by atoms with E-state index in [4.69, 9.17) is 9.47 Å². The molecule has 0 saturated carbocycles. The molecule has 0 bridgehead atoms. The maximum Gasteiger partial charge on any atom is 0.122 e. The SMILES string of the molecule is CN(C)c1cccc(OCCOc2ccccc2)c1. The van der Waals surface area contributed by atoms with Crippen LogP contribution in [0.1, 0.15) is 0 Å². The van der Waals surface area contributed by atoms with Gasteiger partial charge in [-0.2, -0.15) is 0 Å². The molecule has 0 aliphatic carbocycles. The summed E-state index contributed by atoms with van der Waals surface area (Å²) in [5, 5.41) is 0. The fourth-order valence-electron chi connectivity index (χ4n) is 1.69. The number of para-hydroxylation sites is 1. The minimum atomic E-state index is 0.534. The molecule has 2 aromatic rings. The Morgan fingerprint density at radius 3 is 2.11 bits per heavy atom. The van der Waals surface area contributed by atoms with E-state index in [0.29, 0.717) is 13.2 Å². The number of nitrogens with zero attached hydrogens (tertiary/aromatic N) is 1. The quantitative estimate of drug-likeness (QED) is 0.742. The second-order valence-corrected chi connectivity index (χ2v) is 4.40. The molecule has 100 valence electrons. The van der Waals surface area contributed by atoms with E-state index in [1.807, 2.05) is 73.6 Å². The highest BCUT2D eigenvalue weighted by atomic mass is 16.5. The Hall–Kier alpha value is -2.16. The van der Waals surface area contributed by atoms with Gasteiger partial charge in [0.05, 0.1) is 0 Å². The Bertz CT molecular complexity index is 497. The molecule has 0 fully saturated rings. The monoisotopic (exact) mass is 257 g/mol. The highest BCUT2D eigenvalue weighted by molar-refractivity contribution is 5.49. The highest BCUT2D eigenvalue weighted by Crippen LogP contribution is 2.19. The number of hydrogen-bond acceptors (Lipinski definition) is 3. The van der Waals surface area contributed by atoms with E-state index in [-0.39, 0.29) is 0 Å². The first kappa shape index (κ1) is 13.3. The van der Waals surface area contributed by atoms with Crippen molar-refractivity contribution in [1.29, 1.82) is 0 Å². The molecule has 0 atom stereocenters. The van der Waals surface area contributed by atoms with Gasteiger partial charge in [0.1, 0.15) is 24.7 Å². The molecule has 3 heteroatoms. The van der Waals surface area contributed by atoms with Gasteiger partial charge in [0.15, 0.2) is 0 Å². The molecule has 0 heterocycles. The zero-order valence-corrected chi connectivity index (χ0v) is 11.4. The van der Waals surface area contributed by atoms with Crippen molar-refractivity contribution in [2.24, 2.45) is 0 Å². The normalized spacial score (nSPS) is 10.0. The first-order valence-electron chi connectivity index (χ1n) is 6.34. The minimum Gasteiger partial charge on any atom is -0.490 e. The van der Waals surface area contributed by atoms with Gasteiger partial charge in [-0.05, 0) is 24.3 Å². The summed E-state index contributed by atoms with van der Waals surface area (Å²) in [6.45, 7) is 1.07. The van der Waals surface area contributed by atoms with Crippen molar-refractivity contribution in [3.63, 3.8) is 0 Å². The van der Waals surface area contributed by atoms with Gasteiger partial charge in [0.25, 0.3) is 0 Å². The lowest BCUT2D eigenvalue weighted by Gasteiger charge is -2.14. The summed E-state index contributed by atoms with van der Waals surface area (Å²) in [5.74, 6) is 1.73. The molecule has 0 aliphatic heterocycles. The second-order valence-electron chi connectivity index (χ2n) is 4.40. The number of benzene rings is 2. The maximum atomic E-state index is 5.67. The van der Waals surface area contributed by atoms with Crippen LogP contribution >= 0.6 is 0 Å². The number of hydrogen-bond donors (Lipinski definition) is 0. The largest absolute Gasteiger partial charge is 0.490 e. The van der Waals surface area contributed by atoms with Gasteiger partial charge in [-0.3, -0.25) is 0 Å². The maximum absolute atomic E-state index is 5.67. The predicted molar refractivity (Wildman–Crippen MR) is 78.2 cm³/mol. The average Bonchev–Trinajstić information content (AvgIpc) is 2.45. The van der Waals surface area contributed by atoms with Gasteiger partial charge < -0.3 is 14.4 Å². The first-order chi connectivity index (χ1) is 9.25. The third-order valence-electron chi connectivity index (χ3n) is 2.70. The van der Waals surface area contributed by atoms with Gasteiger partial charge in [-0.15, -0.1) is 0 Å². The highest BCUT2D eigenvalue weighted by Gasteiger charge is 1.99. The van der Waals surface area contributed by atoms with Crippen LogP contribution in [0, 0.1) is 0 Å². The molecule has 0 unspecified atom stereocenters. The van der Waals surface area contributed by atoms with E-state index in [9.17, 15) is 0 Å². The summed E-state index contributed by atoms with van der Waals surface area (Å²) in [6.07, 6.45) is 0. The Balaban J connectivity index is 1.78. The van der Waals surface area contributed by atoms with Crippen molar-refractivity contribution in [3.8, 4) is 11.5 Å². The van der Waals surface area contributed by atoms with Crippen LogP contribution in [-0.4, -0.2) is 27.3 Å². The van der Waals surface area contributed by atoms with Crippen LogP contribution in [0.5, 0.6) is 11.5 Å². The van der Waals surface area contributed by atoms with E-state index in [1.165, 1.54) is 0 Å². The van der Waals surface area contributed by atoms with Crippen molar-refractivity contribution < 1.29 is 9.47 Å². The third kappa shape index (κ3) is 4.21. The van der Waals surface area contributed by atoms with E-state index < -0.39 is 0 Å². The summed E-state index contributed by atoms with van der Waals surface area (Å²) >= 11 is 0. The fraction of sp³-hybridized carbons (Fsp3) is 0.250. The zero-order chi connectivity index (χ0) is 13.5. The molecular weight excluding hydrogens is 238 g/mol. The van der Waals surface area contributed by atoms with Crippen LogP contribution in [0.25, 0.3) is 0 Å². The van der Waals surface area contributed by atoms with Crippen molar-refractivity contribution in [2.45, 2.75) is 0 Å². The van der Waals surface area contributed by atoms with Crippen molar-refractivity contribution >= 4 is 5.69 Å². The molecule has 0 aromatic heterocycles. The molecule has 0 amide bonds. The Labute approximate surface area is 114 Å². The van der Waals surface area contributed by atoms with E-state index in [0.717, 1.165) is 17.2 Å². The Morgan fingerprint density at radius 1 is 0.789 bits per heavy atom. The predicted octanol–water partition coefficient (Wildman–Crippen LogP) is 3.21. The van der Waals surface area contributed by atoms with Gasteiger partial charge in [0.2, 0.25) is 0 Å². The van der Waals surface area contributed by atoms with Crippen LogP contribution in [0.2, 0.25) is 0 Å². The standard InChI is InChI=1S/C16H19NO2/c1-17(2)14-7-6-10-16(13-14)19-12-11-18-15-8-4-3-5-9-15/h3-10,13H,11-12H2,1-2H3. The van der Waals surface area contributed by atoms with Gasteiger partial charge in [-0.1, -0.05) is 24.3 Å². The summed E-state index contributed by atoms with van der Waals surface area (Å²) in [5.41, 5.74) is 1.13. The average molecular weight is 257 g/mol. The van der Waals surface area contributed by atoms with E-state index in [1.54, 1.807) is 0 Å². The second kappa shape index (κ2) is 6.69. The van der Waals surface area contributed by atoms with Crippen LogP contribution in [0.15, 0.2) is 54.6 Å². The topological polar surface area (TPSA) is 21.7 Å². The van der Waals surface area contributed by atoms with Crippen molar-refractivity contribution in [2.75, 3.05) is 32.2 Å². The summed E-state index contributed by atoms with van der Waals surface area (Å²) in [7, 11) is 4.02. The van der Waals surface area contributed by atoms with Crippen LogP contribution in [0.4, 0.5) is 5.69 Å². The third-order valence-corrected chi connectivity index (χ3v) is 2.70. The molecule has 19 heavy (non-hydrogen) atoms. The minimum absolute atomic E-state index is 0.534. The smallest absolute Gasteiger partial charge is 0.122 e. The molecule has 2 rings (SSSR count). The van der Waals surface area contributed by atoms with E-state index >= 15 is 0 Å². The molecule has 2 aromatic carbocycles. The summed E-state index contributed by atoms with van der Waals surface area (Å²) in [4.78, 5) is 2.05. The van der Waals surface area contributed by atoms with E-state index in [2.05, 4.69) is 0 Å². The zero-order valence-electron chi connectivity index (χ0n) is 11.4.